The van der Waals surface area contributed by atoms with Crippen LogP contribution in [0.2, 0.25) is 0 Å². The van der Waals surface area contributed by atoms with Gasteiger partial charge in [-0.05, 0) is 88.7 Å². The average molecular weight is 550 g/mol. The van der Waals surface area contributed by atoms with Gasteiger partial charge in [-0.25, -0.2) is 15.6 Å². The van der Waals surface area contributed by atoms with Crippen LogP contribution >= 0.6 is 0 Å². The van der Waals surface area contributed by atoms with Crippen LogP contribution in [0, 0.1) is 11.8 Å². The molecule has 4 aliphatic rings. The van der Waals surface area contributed by atoms with Crippen molar-refractivity contribution in [2.24, 2.45) is 11.8 Å². The molecule has 39 heavy (non-hydrogen) atoms. The number of fused-ring (bicyclic) bond motifs is 1. The van der Waals surface area contributed by atoms with Gasteiger partial charge in [0.05, 0.1) is 23.9 Å². The second-order valence-electron chi connectivity index (χ2n) is 12.5. The van der Waals surface area contributed by atoms with Gasteiger partial charge in [-0.1, -0.05) is 13.3 Å². The molecule has 3 unspecified atom stereocenters. The van der Waals surface area contributed by atoms with Gasteiger partial charge in [0.25, 0.3) is 0 Å². The molecule has 3 aliphatic heterocycles. The minimum Gasteiger partial charge on any atom is -0.299 e. The van der Waals surface area contributed by atoms with Gasteiger partial charge >= 0.3 is 11.9 Å². The van der Waals surface area contributed by atoms with Crippen LogP contribution in [0.5, 0.6) is 0 Å². The summed E-state index contributed by atoms with van der Waals surface area (Å²) in [4.78, 5) is 20.7. The fraction of sp³-hybridized carbons (Fsp3) is 0.750. The molecule has 1 saturated carbocycles. The van der Waals surface area contributed by atoms with Gasteiger partial charge in [0.1, 0.15) is 0 Å². The summed E-state index contributed by atoms with van der Waals surface area (Å²) in [6.45, 7) is 7.28. The summed E-state index contributed by atoms with van der Waals surface area (Å²) in [6.07, 6.45) is 5.81. The highest BCUT2D eigenvalue weighted by Crippen LogP contribution is 2.39. The van der Waals surface area contributed by atoms with E-state index in [0.717, 1.165) is 71.4 Å². The van der Waals surface area contributed by atoms with Crippen LogP contribution in [0.1, 0.15) is 69.0 Å². The monoisotopic (exact) mass is 549 g/mol. The molecule has 1 aliphatic carbocycles. The first-order valence-electron chi connectivity index (χ1n) is 14.7. The van der Waals surface area contributed by atoms with Gasteiger partial charge in [0, 0.05) is 37.6 Å². The molecule has 0 spiro atoms. The number of likely N-dealkylation sites (N-methyl/N-ethyl adjacent to an activating group) is 1. The van der Waals surface area contributed by atoms with Gasteiger partial charge in [0.2, 0.25) is 0 Å². The number of pyridine rings is 1. The van der Waals surface area contributed by atoms with Crippen LogP contribution < -0.4 is 16.5 Å². The highest BCUT2D eigenvalue weighted by Gasteiger charge is 2.43. The molecule has 11 heteroatoms. The first kappa shape index (κ1) is 27.3. The number of aromatic nitrogens is 2. The van der Waals surface area contributed by atoms with E-state index in [1.807, 2.05) is 0 Å². The first-order chi connectivity index (χ1) is 18.7. The molecule has 4 fully saturated rings. The summed E-state index contributed by atoms with van der Waals surface area (Å²) in [5, 5.41) is 0. The number of hydrogen-bond acceptors (Lipinski definition) is 6. The number of rotatable bonds is 6. The summed E-state index contributed by atoms with van der Waals surface area (Å²) >= 11 is 0. The van der Waals surface area contributed by atoms with Gasteiger partial charge in [0.15, 0.2) is 0 Å². The Kier molecular flexibility index (Phi) is 7.56. The Hall–Kier alpha value is -1.92. The Bertz CT molecular complexity index is 1220. The summed E-state index contributed by atoms with van der Waals surface area (Å²) in [7, 11) is 2.11. The fourth-order valence-corrected chi connectivity index (χ4v) is 7.51. The maximum atomic E-state index is 14.3. The van der Waals surface area contributed by atoms with Crippen molar-refractivity contribution in [3.8, 4) is 0 Å². The maximum absolute atomic E-state index is 14.3. The van der Waals surface area contributed by atoms with Crippen molar-refractivity contribution in [3.63, 3.8) is 0 Å². The van der Waals surface area contributed by atoms with E-state index in [1.54, 1.807) is 10.8 Å². The number of halogens is 3. The average Bonchev–Trinajstić information content (AvgIpc) is 3.43. The number of nitrogens with zero attached hydrogens (tertiary/aromatic N) is 5. The lowest BCUT2D eigenvalue weighted by Crippen LogP contribution is -2.61. The Morgan fingerprint density at radius 1 is 1.08 bits per heavy atom. The van der Waals surface area contributed by atoms with Gasteiger partial charge in [-0.15, -0.1) is 0 Å². The molecule has 0 aromatic carbocycles. The molecule has 0 amide bonds. The topological polar surface area (TPSA) is 60.2 Å². The van der Waals surface area contributed by atoms with Crippen LogP contribution in [0.4, 0.5) is 13.2 Å². The zero-order chi connectivity index (χ0) is 27.3. The molecule has 8 nitrogen and oxygen atoms in total. The molecular formula is C28H42F3N7O. The Balaban J connectivity index is 1.31. The second-order valence-corrected chi connectivity index (χ2v) is 12.5. The number of likely N-dealkylation sites (tertiary alicyclic amines) is 2. The van der Waals surface area contributed by atoms with Crippen LogP contribution in [-0.4, -0.2) is 75.8 Å². The highest BCUT2D eigenvalue weighted by molar-refractivity contribution is 5.56. The molecule has 2 N–H and O–H groups in total. The van der Waals surface area contributed by atoms with E-state index >= 15 is 0 Å². The van der Waals surface area contributed by atoms with E-state index in [4.69, 9.17) is 0 Å². The SMILES string of the molecule is C[C@H]1CCCN(Cc2cc(C(F)(F)F)c3cn(C4CCCC([C@H](C5NNCN5C)N5CCC5)C4)c(=O)n3c2)C1. The standard InChI is InChI=1S/C28H42F3N7O/c1-19-6-4-9-35(14-19)15-20-12-23(28(29,30)31)24-17-37(27(39)38(24)16-20)22-8-3-7-21(13-22)25(36-10-5-11-36)26-33-32-18-34(26)2/h12,16-17,19,21-22,25-26,32-33H,3-11,13-15,18H2,1-2H3/t19-,21?,22?,25+,26?/m0/s1. The zero-order valence-electron chi connectivity index (χ0n) is 23.1. The predicted molar refractivity (Wildman–Crippen MR) is 144 cm³/mol. The molecule has 2 aromatic rings. The molecular weight excluding hydrogens is 507 g/mol. The molecule has 3 saturated heterocycles. The minimum absolute atomic E-state index is 0.0360. The van der Waals surface area contributed by atoms with Crippen molar-refractivity contribution in [3.05, 3.63) is 40.1 Å². The summed E-state index contributed by atoms with van der Waals surface area (Å²) in [6, 6.07) is 1.46. The first-order valence-corrected chi connectivity index (χ1v) is 14.7. The number of alkyl halides is 3. The third-order valence-corrected chi connectivity index (χ3v) is 9.55. The summed E-state index contributed by atoms with van der Waals surface area (Å²) in [5.74, 6) is 0.889. The third-order valence-electron chi connectivity index (χ3n) is 9.55. The highest BCUT2D eigenvalue weighted by atomic mass is 19.4. The quantitative estimate of drug-likeness (QED) is 0.576. The van der Waals surface area contributed by atoms with Gasteiger partial charge in [-0.3, -0.25) is 23.7 Å². The van der Waals surface area contributed by atoms with E-state index in [2.05, 4.69) is 39.5 Å². The molecule has 5 atom stereocenters. The largest absolute Gasteiger partial charge is 0.418 e. The Morgan fingerprint density at radius 2 is 1.90 bits per heavy atom. The lowest BCUT2D eigenvalue weighted by atomic mass is 9.78. The van der Waals surface area contributed by atoms with E-state index in [0.29, 0.717) is 30.0 Å². The van der Waals surface area contributed by atoms with Crippen LogP contribution in [-0.2, 0) is 12.7 Å². The fourth-order valence-electron chi connectivity index (χ4n) is 7.51. The Morgan fingerprint density at radius 3 is 2.56 bits per heavy atom. The van der Waals surface area contributed by atoms with E-state index in [9.17, 15) is 18.0 Å². The zero-order valence-corrected chi connectivity index (χ0v) is 23.1. The van der Waals surface area contributed by atoms with Crippen LogP contribution in [0.3, 0.4) is 0 Å². The molecule has 5 heterocycles. The number of imidazole rings is 1. The third kappa shape index (κ3) is 5.40. The van der Waals surface area contributed by atoms with Crippen molar-refractivity contribution in [2.75, 3.05) is 39.9 Å². The number of piperidine rings is 1. The minimum atomic E-state index is -4.53. The normalized spacial score (nSPS) is 30.6. The summed E-state index contributed by atoms with van der Waals surface area (Å²) < 4.78 is 45.7. The lowest BCUT2D eigenvalue weighted by Gasteiger charge is -2.48. The Labute approximate surface area is 228 Å². The predicted octanol–water partition coefficient (Wildman–Crippen LogP) is 3.48. The second kappa shape index (κ2) is 10.8. The number of hydrazine groups is 1. The number of nitrogens with one attached hydrogen (secondary N) is 2. The smallest absolute Gasteiger partial charge is 0.299 e. The van der Waals surface area contributed by atoms with E-state index < -0.39 is 11.7 Å². The van der Waals surface area contributed by atoms with E-state index in [1.165, 1.54) is 23.1 Å². The van der Waals surface area contributed by atoms with Crippen LogP contribution in [0.25, 0.3) is 5.52 Å². The number of hydrogen-bond donors (Lipinski definition) is 2. The molecule has 0 radical (unpaired) electrons. The van der Waals surface area contributed by atoms with E-state index in [-0.39, 0.29) is 23.4 Å². The van der Waals surface area contributed by atoms with Crippen molar-refractivity contribution in [1.82, 2.24) is 34.5 Å². The lowest BCUT2D eigenvalue weighted by molar-refractivity contribution is -0.136. The molecule has 0 bridgehead atoms. The maximum Gasteiger partial charge on any atom is 0.418 e. The van der Waals surface area contributed by atoms with Crippen molar-refractivity contribution in [1.29, 1.82) is 0 Å². The molecule has 216 valence electrons. The van der Waals surface area contributed by atoms with Crippen LogP contribution in [0.15, 0.2) is 23.3 Å². The molecule has 6 rings (SSSR count). The van der Waals surface area contributed by atoms with Gasteiger partial charge < -0.3 is 0 Å². The van der Waals surface area contributed by atoms with Crippen molar-refractivity contribution >= 4 is 5.52 Å². The molecule has 2 aromatic heterocycles. The van der Waals surface area contributed by atoms with Crippen molar-refractivity contribution in [2.45, 2.75) is 82.8 Å². The summed E-state index contributed by atoms with van der Waals surface area (Å²) in [5.41, 5.74) is 6.14. The van der Waals surface area contributed by atoms with Gasteiger partial charge in [-0.2, -0.15) is 13.2 Å². The van der Waals surface area contributed by atoms with Crippen molar-refractivity contribution < 1.29 is 13.2 Å².